The van der Waals surface area contributed by atoms with Gasteiger partial charge in [0.25, 0.3) is 20.2 Å². The molecule has 6 nitrogen and oxygen atoms in total. The molecule has 0 bridgehead atoms. The molecule has 1 aliphatic carbocycles. The summed E-state index contributed by atoms with van der Waals surface area (Å²) in [6, 6.07) is 12.8. The summed E-state index contributed by atoms with van der Waals surface area (Å²) in [6.45, 7) is 3.51. The highest BCUT2D eigenvalue weighted by Crippen LogP contribution is 2.36. The molecule has 1 aliphatic rings. The standard InChI is InChI=1S/C21H26O6S2/c1-16-3-9-20(10-4-16)28(22,23)26-14-19(13-18-7-8-18)15-27-29(24,25)21-11-5-17(2)6-12-21/h3-6,9-12,18-19H,7-8,13-15H2,1-2H3. The number of hydrogen-bond acceptors (Lipinski definition) is 6. The third-order valence-corrected chi connectivity index (χ3v) is 7.49. The van der Waals surface area contributed by atoms with Gasteiger partial charge in [0.15, 0.2) is 0 Å². The molecule has 0 radical (unpaired) electrons. The van der Waals surface area contributed by atoms with Crippen LogP contribution in [0.1, 0.15) is 30.4 Å². The van der Waals surface area contributed by atoms with Crippen molar-refractivity contribution in [2.45, 2.75) is 42.9 Å². The van der Waals surface area contributed by atoms with Gasteiger partial charge in [-0.05, 0) is 50.5 Å². The normalized spacial score (nSPS) is 15.0. The molecule has 0 amide bonds. The van der Waals surface area contributed by atoms with E-state index < -0.39 is 20.2 Å². The molecule has 8 heteroatoms. The van der Waals surface area contributed by atoms with E-state index in [4.69, 9.17) is 8.37 Å². The Bertz CT molecular complexity index is 942. The van der Waals surface area contributed by atoms with Crippen molar-refractivity contribution in [3.8, 4) is 0 Å². The SMILES string of the molecule is Cc1ccc(S(=O)(=O)OCC(COS(=O)(=O)c2ccc(C)cc2)CC2CC2)cc1. The zero-order valence-corrected chi connectivity index (χ0v) is 18.2. The molecule has 29 heavy (non-hydrogen) atoms. The molecular formula is C21H26O6S2. The Hall–Kier alpha value is -1.74. The molecule has 3 rings (SSSR count). The van der Waals surface area contributed by atoms with Crippen molar-refractivity contribution in [3.05, 3.63) is 59.7 Å². The minimum absolute atomic E-state index is 0.0847. The fourth-order valence-corrected chi connectivity index (χ4v) is 4.88. The minimum atomic E-state index is -3.90. The highest BCUT2D eigenvalue weighted by atomic mass is 32.2. The lowest BCUT2D eigenvalue weighted by atomic mass is 10.1. The van der Waals surface area contributed by atoms with E-state index in [0.717, 1.165) is 24.0 Å². The van der Waals surface area contributed by atoms with Crippen LogP contribution in [0.3, 0.4) is 0 Å². The van der Waals surface area contributed by atoms with Crippen LogP contribution in [0.2, 0.25) is 0 Å². The second kappa shape index (κ2) is 8.95. The van der Waals surface area contributed by atoms with E-state index in [0.29, 0.717) is 12.3 Å². The Morgan fingerprint density at radius 2 is 1.14 bits per heavy atom. The maximum absolute atomic E-state index is 12.4. The number of hydrogen-bond donors (Lipinski definition) is 0. The predicted molar refractivity (Wildman–Crippen MR) is 109 cm³/mol. The molecular weight excluding hydrogens is 412 g/mol. The van der Waals surface area contributed by atoms with E-state index >= 15 is 0 Å². The monoisotopic (exact) mass is 438 g/mol. The van der Waals surface area contributed by atoms with Crippen LogP contribution in [-0.4, -0.2) is 30.0 Å². The van der Waals surface area contributed by atoms with E-state index in [1.165, 1.54) is 24.3 Å². The largest absolute Gasteiger partial charge is 0.296 e. The molecule has 1 saturated carbocycles. The van der Waals surface area contributed by atoms with Crippen molar-refractivity contribution in [1.82, 2.24) is 0 Å². The third-order valence-electron chi connectivity index (χ3n) is 4.90. The number of rotatable bonds is 10. The summed E-state index contributed by atoms with van der Waals surface area (Å²) in [5, 5.41) is 0. The average molecular weight is 439 g/mol. The first-order valence-electron chi connectivity index (χ1n) is 9.58. The van der Waals surface area contributed by atoms with Crippen LogP contribution in [0, 0.1) is 25.7 Å². The molecule has 0 atom stereocenters. The van der Waals surface area contributed by atoms with Gasteiger partial charge in [-0.25, -0.2) is 0 Å². The summed E-state index contributed by atoms with van der Waals surface area (Å²) in [5.74, 6) is 0.138. The number of benzene rings is 2. The van der Waals surface area contributed by atoms with Crippen molar-refractivity contribution < 1.29 is 25.2 Å². The summed E-state index contributed by atoms with van der Waals surface area (Å²) in [4.78, 5) is 0.169. The van der Waals surface area contributed by atoms with E-state index in [2.05, 4.69) is 0 Å². The smallest absolute Gasteiger partial charge is 0.266 e. The fraction of sp³-hybridized carbons (Fsp3) is 0.429. The second-order valence-corrected chi connectivity index (χ2v) is 10.9. The summed E-state index contributed by atoms with van der Waals surface area (Å²) >= 11 is 0. The molecule has 0 unspecified atom stereocenters. The number of aryl methyl sites for hydroxylation is 2. The minimum Gasteiger partial charge on any atom is -0.266 e. The Labute approximate surface area is 173 Å². The van der Waals surface area contributed by atoms with Crippen LogP contribution in [0.15, 0.2) is 58.3 Å². The zero-order valence-electron chi connectivity index (χ0n) is 16.6. The van der Waals surface area contributed by atoms with Crippen LogP contribution < -0.4 is 0 Å². The molecule has 158 valence electrons. The first-order chi connectivity index (χ1) is 13.7. The molecule has 2 aromatic carbocycles. The van der Waals surface area contributed by atoms with Crippen molar-refractivity contribution in [2.75, 3.05) is 13.2 Å². The molecule has 0 spiro atoms. The Morgan fingerprint density at radius 3 is 1.48 bits per heavy atom. The lowest BCUT2D eigenvalue weighted by Gasteiger charge is -2.17. The molecule has 0 heterocycles. The van der Waals surface area contributed by atoms with Gasteiger partial charge in [-0.1, -0.05) is 48.2 Å². The highest BCUT2D eigenvalue weighted by Gasteiger charge is 2.29. The van der Waals surface area contributed by atoms with Gasteiger partial charge in [0.2, 0.25) is 0 Å². The topological polar surface area (TPSA) is 86.7 Å². The molecule has 0 aromatic heterocycles. The summed E-state index contributed by atoms with van der Waals surface area (Å²) < 4.78 is 60.2. The van der Waals surface area contributed by atoms with E-state index in [1.54, 1.807) is 24.3 Å². The van der Waals surface area contributed by atoms with E-state index in [1.807, 2.05) is 13.8 Å². The lowest BCUT2D eigenvalue weighted by Crippen LogP contribution is -2.22. The van der Waals surface area contributed by atoms with Crippen molar-refractivity contribution in [1.29, 1.82) is 0 Å². The maximum atomic E-state index is 12.4. The van der Waals surface area contributed by atoms with Crippen LogP contribution in [0.5, 0.6) is 0 Å². The van der Waals surface area contributed by atoms with E-state index in [9.17, 15) is 16.8 Å². The molecule has 1 fully saturated rings. The third kappa shape index (κ3) is 6.37. The van der Waals surface area contributed by atoms with Crippen LogP contribution in [0.25, 0.3) is 0 Å². The molecule has 0 aliphatic heterocycles. The summed E-state index contributed by atoms with van der Waals surface area (Å²) in [6.07, 6.45) is 2.80. The highest BCUT2D eigenvalue weighted by molar-refractivity contribution is 7.87. The lowest BCUT2D eigenvalue weighted by molar-refractivity contribution is 0.172. The van der Waals surface area contributed by atoms with Crippen LogP contribution in [-0.2, 0) is 28.6 Å². The van der Waals surface area contributed by atoms with E-state index in [-0.39, 0.29) is 28.9 Å². The average Bonchev–Trinajstić information content (AvgIpc) is 3.49. The van der Waals surface area contributed by atoms with Gasteiger partial charge in [0.1, 0.15) is 0 Å². The van der Waals surface area contributed by atoms with Gasteiger partial charge in [-0.3, -0.25) is 8.37 Å². The van der Waals surface area contributed by atoms with Crippen molar-refractivity contribution in [3.63, 3.8) is 0 Å². The van der Waals surface area contributed by atoms with Crippen molar-refractivity contribution in [2.24, 2.45) is 11.8 Å². The van der Waals surface area contributed by atoms with Crippen molar-refractivity contribution >= 4 is 20.2 Å². The van der Waals surface area contributed by atoms with Gasteiger partial charge in [0, 0.05) is 5.92 Å². The molecule has 0 N–H and O–H groups in total. The molecule has 0 saturated heterocycles. The van der Waals surface area contributed by atoms with Gasteiger partial charge >= 0.3 is 0 Å². The maximum Gasteiger partial charge on any atom is 0.296 e. The summed E-state index contributed by atoms with van der Waals surface area (Å²) in [7, 11) is -7.81. The Morgan fingerprint density at radius 1 is 0.759 bits per heavy atom. The summed E-state index contributed by atoms with van der Waals surface area (Å²) in [5.41, 5.74) is 1.90. The first-order valence-corrected chi connectivity index (χ1v) is 12.4. The fourth-order valence-electron chi connectivity index (χ4n) is 2.93. The van der Waals surface area contributed by atoms with Gasteiger partial charge in [0.05, 0.1) is 23.0 Å². The van der Waals surface area contributed by atoms with Crippen LogP contribution >= 0.6 is 0 Å². The predicted octanol–water partition coefficient (Wildman–Crippen LogP) is 3.83. The Balaban J connectivity index is 1.63. The quantitative estimate of drug-likeness (QED) is 0.524. The Kier molecular flexibility index (Phi) is 6.78. The zero-order chi connectivity index (χ0) is 21.1. The second-order valence-electron chi connectivity index (χ2n) is 7.65. The van der Waals surface area contributed by atoms with Crippen LogP contribution in [0.4, 0.5) is 0 Å². The van der Waals surface area contributed by atoms with Gasteiger partial charge in [-0.15, -0.1) is 0 Å². The first kappa shape index (κ1) is 22.0. The molecule has 2 aromatic rings. The van der Waals surface area contributed by atoms with Gasteiger partial charge < -0.3 is 0 Å². The van der Waals surface area contributed by atoms with Gasteiger partial charge in [-0.2, -0.15) is 16.8 Å².